The molecule has 0 radical (unpaired) electrons. The molecule has 0 fully saturated rings. The molecule has 2 rings (SSSR count). The molecule has 0 amide bonds. The summed E-state index contributed by atoms with van der Waals surface area (Å²) in [7, 11) is 1.38. The summed E-state index contributed by atoms with van der Waals surface area (Å²) in [5.74, 6) is 1.04. The van der Waals surface area contributed by atoms with Gasteiger partial charge in [-0.2, -0.15) is 0 Å². The Morgan fingerprint density at radius 2 is 2.14 bits per heavy atom. The molecule has 112 valence electrons. The second-order valence-electron chi connectivity index (χ2n) is 4.09. The molecule has 2 aromatic rings. The molecule has 3 N–H and O–H groups in total. The van der Waals surface area contributed by atoms with Crippen molar-refractivity contribution in [1.82, 2.24) is 9.97 Å². The van der Waals surface area contributed by atoms with Gasteiger partial charge < -0.3 is 24.9 Å². The third-order valence-electron chi connectivity index (χ3n) is 2.73. The average molecular weight is 291 g/mol. The van der Waals surface area contributed by atoms with Crippen LogP contribution in [0.2, 0.25) is 0 Å². The topological polar surface area (TPSA) is 99.5 Å². The van der Waals surface area contributed by atoms with Gasteiger partial charge in [-0.1, -0.05) is 6.07 Å². The number of nitrogens with two attached hydrogens (primary N) is 1. The van der Waals surface area contributed by atoms with Gasteiger partial charge in [0.1, 0.15) is 0 Å². The Labute approximate surface area is 121 Å². The van der Waals surface area contributed by atoms with Gasteiger partial charge in [0.2, 0.25) is 5.75 Å². The van der Waals surface area contributed by atoms with Crippen LogP contribution in [0.1, 0.15) is 12.5 Å². The summed E-state index contributed by atoms with van der Waals surface area (Å²) in [4.78, 5) is 18.0. The lowest BCUT2D eigenvalue weighted by atomic mass is 10.2. The Morgan fingerprint density at radius 1 is 1.33 bits per heavy atom. The van der Waals surface area contributed by atoms with E-state index in [0.29, 0.717) is 24.7 Å². The third kappa shape index (κ3) is 3.32. The van der Waals surface area contributed by atoms with Crippen molar-refractivity contribution in [2.45, 2.75) is 13.5 Å². The van der Waals surface area contributed by atoms with Crippen molar-refractivity contribution in [2.75, 3.05) is 13.7 Å². The Morgan fingerprint density at radius 3 is 2.81 bits per heavy atom. The summed E-state index contributed by atoms with van der Waals surface area (Å²) in [6.45, 7) is 2.74. The molecular weight excluding hydrogens is 274 g/mol. The highest BCUT2D eigenvalue weighted by molar-refractivity contribution is 5.46. The van der Waals surface area contributed by atoms with Gasteiger partial charge in [0.05, 0.1) is 20.0 Å². The second kappa shape index (κ2) is 6.76. The van der Waals surface area contributed by atoms with Crippen molar-refractivity contribution in [2.24, 2.45) is 5.73 Å². The molecule has 7 heteroatoms. The van der Waals surface area contributed by atoms with Crippen LogP contribution in [0.25, 0.3) is 0 Å². The lowest BCUT2D eigenvalue weighted by Crippen LogP contribution is -2.11. The number of nitrogens with zero attached hydrogens (tertiary/aromatic N) is 1. The average Bonchev–Trinajstić information content (AvgIpc) is 2.49. The fourth-order valence-corrected chi connectivity index (χ4v) is 1.76. The molecule has 0 bridgehead atoms. The van der Waals surface area contributed by atoms with Crippen LogP contribution in [-0.2, 0) is 6.54 Å². The largest absolute Gasteiger partial charge is 0.490 e. The number of aromatic nitrogens is 2. The van der Waals surface area contributed by atoms with Crippen molar-refractivity contribution in [3.63, 3.8) is 0 Å². The molecule has 0 aliphatic heterocycles. The summed E-state index contributed by atoms with van der Waals surface area (Å²) in [6, 6.07) is 5.32. The number of H-pyrrole nitrogens is 1. The van der Waals surface area contributed by atoms with Gasteiger partial charge in [0, 0.05) is 6.54 Å². The smallest absolute Gasteiger partial charge is 0.297 e. The minimum absolute atomic E-state index is 0.00264. The van der Waals surface area contributed by atoms with E-state index in [0.717, 1.165) is 5.56 Å². The summed E-state index contributed by atoms with van der Waals surface area (Å²) in [6.07, 6.45) is 1.24. The lowest BCUT2D eigenvalue weighted by Gasteiger charge is -2.13. The van der Waals surface area contributed by atoms with Gasteiger partial charge in [-0.25, -0.2) is 4.98 Å². The van der Waals surface area contributed by atoms with E-state index in [-0.39, 0.29) is 11.6 Å². The van der Waals surface area contributed by atoms with Gasteiger partial charge >= 0.3 is 0 Å². The standard InChI is InChI=1S/C14H17N3O4/c1-3-20-11-6-9(7-15)4-5-10(11)21-14-12(19-2)13(18)16-8-17-14/h4-6,8H,3,7,15H2,1-2H3,(H,16,17,18). The van der Waals surface area contributed by atoms with Crippen molar-refractivity contribution >= 4 is 0 Å². The number of nitrogens with one attached hydrogen (secondary N) is 1. The molecule has 21 heavy (non-hydrogen) atoms. The molecule has 1 aromatic carbocycles. The van der Waals surface area contributed by atoms with Crippen LogP contribution in [0.15, 0.2) is 29.3 Å². The van der Waals surface area contributed by atoms with Gasteiger partial charge in [-0.3, -0.25) is 4.79 Å². The monoisotopic (exact) mass is 291 g/mol. The molecule has 0 saturated carbocycles. The first kappa shape index (κ1) is 14.9. The molecule has 1 aromatic heterocycles. The summed E-state index contributed by atoms with van der Waals surface area (Å²) >= 11 is 0. The van der Waals surface area contributed by atoms with E-state index in [1.54, 1.807) is 12.1 Å². The minimum atomic E-state index is -0.418. The Kier molecular flexibility index (Phi) is 4.78. The van der Waals surface area contributed by atoms with Crippen LogP contribution in [0.3, 0.4) is 0 Å². The summed E-state index contributed by atoms with van der Waals surface area (Å²) in [5, 5.41) is 0. The first-order chi connectivity index (χ1) is 10.2. The van der Waals surface area contributed by atoms with E-state index in [1.165, 1.54) is 13.4 Å². The highest BCUT2D eigenvalue weighted by Gasteiger charge is 2.14. The normalized spacial score (nSPS) is 10.2. The highest BCUT2D eigenvalue weighted by atomic mass is 16.5. The van der Waals surface area contributed by atoms with Crippen molar-refractivity contribution in [1.29, 1.82) is 0 Å². The van der Waals surface area contributed by atoms with E-state index in [9.17, 15) is 4.79 Å². The van der Waals surface area contributed by atoms with E-state index < -0.39 is 5.56 Å². The lowest BCUT2D eigenvalue weighted by molar-refractivity contribution is 0.312. The summed E-state index contributed by atoms with van der Waals surface area (Å²) in [5.41, 5.74) is 6.10. The first-order valence-corrected chi connectivity index (χ1v) is 6.44. The maximum absolute atomic E-state index is 11.6. The maximum atomic E-state index is 11.6. The van der Waals surface area contributed by atoms with Crippen LogP contribution >= 0.6 is 0 Å². The van der Waals surface area contributed by atoms with Crippen molar-refractivity contribution < 1.29 is 14.2 Å². The zero-order chi connectivity index (χ0) is 15.2. The number of ether oxygens (including phenoxy) is 3. The number of rotatable bonds is 6. The number of hydrogen-bond acceptors (Lipinski definition) is 6. The second-order valence-corrected chi connectivity index (χ2v) is 4.09. The number of hydrogen-bond donors (Lipinski definition) is 2. The van der Waals surface area contributed by atoms with Crippen LogP contribution in [-0.4, -0.2) is 23.7 Å². The van der Waals surface area contributed by atoms with Crippen LogP contribution < -0.4 is 25.5 Å². The molecule has 0 saturated heterocycles. The molecule has 1 heterocycles. The van der Waals surface area contributed by atoms with E-state index >= 15 is 0 Å². The van der Waals surface area contributed by atoms with Crippen molar-refractivity contribution in [3.8, 4) is 23.1 Å². The first-order valence-electron chi connectivity index (χ1n) is 6.44. The molecule has 0 atom stereocenters. The molecule has 7 nitrogen and oxygen atoms in total. The zero-order valence-electron chi connectivity index (χ0n) is 11.9. The Hall–Kier alpha value is -2.54. The molecule has 0 unspecified atom stereocenters. The number of benzene rings is 1. The highest BCUT2D eigenvalue weighted by Crippen LogP contribution is 2.34. The van der Waals surface area contributed by atoms with Crippen LogP contribution in [0.5, 0.6) is 23.1 Å². The predicted octanol–water partition coefficient (Wildman–Crippen LogP) is 1.43. The third-order valence-corrected chi connectivity index (χ3v) is 2.73. The molecule has 0 aliphatic rings. The molecule has 0 spiro atoms. The minimum Gasteiger partial charge on any atom is -0.490 e. The SMILES string of the molecule is CCOc1cc(CN)ccc1Oc1nc[nH]c(=O)c1OC. The number of methoxy groups -OCH3 is 1. The van der Waals surface area contributed by atoms with Gasteiger partial charge in [-0.05, 0) is 24.6 Å². The predicted molar refractivity (Wildman–Crippen MR) is 77.0 cm³/mol. The van der Waals surface area contributed by atoms with Gasteiger partial charge in [0.25, 0.3) is 11.4 Å². The van der Waals surface area contributed by atoms with Gasteiger partial charge in [-0.15, -0.1) is 0 Å². The summed E-state index contributed by atoms with van der Waals surface area (Å²) < 4.78 is 16.2. The quantitative estimate of drug-likeness (QED) is 0.835. The maximum Gasteiger partial charge on any atom is 0.297 e. The fourth-order valence-electron chi connectivity index (χ4n) is 1.76. The van der Waals surface area contributed by atoms with Gasteiger partial charge in [0.15, 0.2) is 11.5 Å². The van der Waals surface area contributed by atoms with Crippen molar-refractivity contribution in [3.05, 3.63) is 40.4 Å². The van der Waals surface area contributed by atoms with Crippen LogP contribution in [0, 0.1) is 0 Å². The van der Waals surface area contributed by atoms with Crippen LogP contribution in [0.4, 0.5) is 0 Å². The van der Waals surface area contributed by atoms with E-state index in [1.807, 2.05) is 13.0 Å². The fraction of sp³-hybridized carbons (Fsp3) is 0.286. The Bertz CT molecular complexity index is 670. The van der Waals surface area contributed by atoms with E-state index in [4.69, 9.17) is 19.9 Å². The molecule has 0 aliphatic carbocycles. The van der Waals surface area contributed by atoms with E-state index in [2.05, 4.69) is 9.97 Å². The zero-order valence-corrected chi connectivity index (χ0v) is 11.9. The number of aromatic amines is 1. The molecular formula is C14H17N3O4. The Balaban J connectivity index is 2.39.